The van der Waals surface area contributed by atoms with Gasteiger partial charge < -0.3 is 0 Å². The Bertz CT molecular complexity index is 571. The number of nitrogens with zero attached hydrogens (tertiary/aromatic N) is 2. The van der Waals surface area contributed by atoms with E-state index >= 15 is 0 Å². The summed E-state index contributed by atoms with van der Waals surface area (Å²) < 4.78 is 93.5. The maximum atomic E-state index is 11.1. The van der Waals surface area contributed by atoms with Crippen LogP contribution in [0.5, 0.6) is 0 Å². The van der Waals surface area contributed by atoms with Crippen LogP contribution in [0.1, 0.15) is 25.1 Å². The van der Waals surface area contributed by atoms with Crippen molar-refractivity contribution >= 4 is 17.9 Å². The number of hydrogen-bond acceptors (Lipinski definition) is 2. The SMILES string of the molecule is CCCC(n1cc[n+](C)c1)S(=O)(=O)O.F[P-](F)(F)(F)(F)F. The zero-order valence-electron chi connectivity index (χ0n) is 11.0. The molecule has 1 aromatic heterocycles. The summed E-state index contributed by atoms with van der Waals surface area (Å²) in [6.45, 7) is 1.88. The van der Waals surface area contributed by atoms with Crippen LogP contribution in [0.4, 0.5) is 25.2 Å². The van der Waals surface area contributed by atoms with Crippen molar-refractivity contribution in [3.05, 3.63) is 18.7 Å². The van der Waals surface area contributed by atoms with Gasteiger partial charge in [-0.15, -0.1) is 0 Å². The number of imidazole rings is 1. The summed E-state index contributed by atoms with van der Waals surface area (Å²) in [5.41, 5.74) is 0. The number of aromatic nitrogens is 2. The van der Waals surface area contributed by atoms with Crippen molar-refractivity contribution < 1.29 is 42.7 Å². The van der Waals surface area contributed by atoms with E-state index in [1.54, 1.807) is 30.3 Å². The van der Waals surface area contributed by atoms with Crippen LogP contribution < -0.4 is 4.57 Å². The summed E-state index contributed by atoms with van der Waals surface area (Å²) in [5.74, 6) is 0. The molecule has 0 saturated heterocycles. The van der Waals surface area contributed by atoms with Crippen molar-refractivity contribution in [2.45, 2.75) is 25.1 Å². The first-order valence-corrected chi connectivity index (χ1v) is 8.98. The molecule has 0 aliphatic rings. The van der Waals surface area contributed by atoms with Crippen molar-refractivity contribution in [3.8, 4) is 0 Å². The fourth-order valence-corrected chi connectivity index (χ4v) is 2.30. The molecule has 0 amide bonds. The molecule has 0 saturated carbocycles. The Balaban J connectivity index is 0.000000486. The van der Waals surface area contributed by atoms with Crippen LogP contribution >= 0.6 is 7.81 Å². The second kappa shape index (κ2) is 5.40. The summed E-state index contributed by atoms with van der Waals surface area (Å²) in [5, 5.41) is -0.867. The zero-order valence-corrected chi connectivity index (χ0v) is 12.7. The fraction of sp³-hybridized carbons (Fsp3) is 0.625. The van der Waals surface area contributed by atoms with E-state index in [0.717, 1.165) is 0 Å². The van der Waals surface area contributed by atoms with Crippen LogP contribution in [0, 0.1) is 0 Å². The molecule has 0 radical (unpaired) electrons. The third-order valence-corrected chi connectivity index (χ3v) is 3.17. The summed E-state index contributed by atoms with van der Waals surface area (Å²) >= 11 is 0. The van der Waals surface area contributed by atoms with Gasteiger partial charge >= 0.3 is 43.1 Å². The molecule has 1 N–H and O–H groups in total. The maximum absolute atomic E-state index is 11.1. The molecular weight excluding hydrogens is 349 g/mol. The Hall–Kier alpha value is -0.870. The molecule has 5 nitrogen and oxygen atoms in total. The average molecular weight is 364 g/mol. The van der Waals surface area contributed by atoms with Crippen molar-refractivity contribution in [2.24, 2.45) is 7.05 Å². The molecule has 0 bridgehead atoms. The Morgan fingerprint density at radius 1 is 1.24 bits per heavy atom. The summed E-state index contributed by atoms with van der Waals surface area (Å²) in [4.78, 5) is 0. The molecular formula is C8H15F6N2O3PS. The Kier molecular flexibility index (Phi) is 5.17. The van der Waals surface area contributed by atoms with Gasteiger partial charge in [-0.2, -0.15) is 8.42 Å². The van der Waals surface area contributed by atoms with Crippen LogP contribution in [0.25, 0.3) is 0 Å². The molecule has 0 spiro atoms. The van der Waals surface area contributed by atoms with E-state index in [9.17, 15) is 33.6 Å². The predicted octanol–water partition coefficient (Wildman–Crippen LogP) is 3.88. The summed E-state index contributed by atoms with van der Waals surface area (Å²) in [6.07, 6.45) is 6.11. The molecule has 1 atom stereocenters. The van der Waals surface area contributed by atoms with Gasteiger partial charge in [-0.1, -0.05) is 13.3 Å². The monoisotopic (exact) mass is 364 g/mol. The second-order valence-corrected chi connectivity index (χ2v) is 7.73. The Labute approximate surface area is 117 Å². The van der Waals surface area contributed by atoms with Gasteiger partial charge in [-0.05, 0) is 0 Å². The Morgan fingerprint density at radius 3 is 1.90 bits per heavy atom. The standard InChI is InChI=1S/C8H14N2O3S.F6P/c1-3-4-8(14(11,12)13)10-6-5-9(2)7-10;1-7(2,3,4,5)6/h5-8H,3-4H2,1-2H3;/q;-1/p+1. The number of aryl methyl sites for hydroxylation is 1. The van der Waals surface area contributed by atoms with Gasteiger partial charge in [0.25, 0.3) is 0 Å². The molecule has 0 fully saturated rings. The minimum atomic E-state index is -10.7. The van der Waals surface area contributed by atoms with Gasteiger partial charge in [0.15, 0.2) is 0 Å². The first-order valence-electron chi connectivity index (χ1n) is 5.45. The van der Waals surface area contributed by atoms with Gasteiger partial charge in [0.05, 0.1) is 7.05 Å². The topological polar surface area (TPSA) is 63.2 Å². The fourth-order valence-electron chi connectivity index (χ4n) is 1.34. The predicted molar refractivity (Wildman–Crippen MR) is 64.7 cm³/mol. The van der Waals surface area contributed by atoms with Gasteiger partial charge in [-0.3, -0.25) is 4.55 Å². The second-order valence-electron chi connectivity index (χ2n) is 4.24. The van der Waals surface area contributed by atoms with Crippen LogP contribution in [0.15, 0.2) is 18.7 Å². The molecule has 1 heterocycles. The van der Waals surface area contributed by atoms with Gasteiger partial charge in [0, 0.05) is 6.42 Å². The van der Waals surface area contributed by atoms with E-state index in [0.29, 0.717) is 12.8 Å². The van der Waals surface area contributed by atoms with E-state index in [1.165, 1.54) is 4.57 Å². The average Bonchev–Trinajstić information content (AvgIpc) is 2.53. The van der Waals surface area contributed by atoms with Gasteiger partial charge in [-0.25, -0.2) is 9.13 Å². The first kappa shape index (κ1) is 20.1. The third kappa shape index (κ3) is 12.6. The summed E-state index contributed by atoms with van der Waals surface area (Å²) in [6, 6.07) is 0. The van der Waals surface area contributed by atoms with E-state index in [4.69, 9.17) is 4.55 Å². The van der Waals surface area contributed by atoms with E-state index < -0.39 is 23.3 Å². The van der Waals surface area contributed by atoms with Crippen molar-refractivity contribution in [3.63, 3.8) is 0 Å². The van der Waals surface area contributed by atoms with Gasteiger partial charge in [0.1, 0.15) is 12.4 Å². The number of rotatable bonds is 4. The van der Waals surface area contributed by atoms with Crippen molar-refractivity contribution in [1.29, 1.82) is 0 Å². The minimum absolute atomic E-state index is 0.410. The number of halogens is 6. The van der Waals surface area contributed by atoms with Crippen LogP contribution in [0.3, 0.4) is 0 Å². The molecule has 0 aliphatic heterocycles. The van der Waals surface area contributed by atoms with Crippen LogP contribution in [-0.4, -0.2) is 17.5 Å². The van der Waals surface area contributed by atoms with E-state index in [1.807, 2.05) is 6.92 Å². The third-order valence-electron chi connectivity index (χ3n) is 2.00. The first-order chi connectivity index (χ1) is 8.90. The molecule has 13 heteroatoms. The summed E-state index contributed by atoms with van der Waals surface area (Å²) in [7, 11) is -12.9. The van der Waals surface area contributed by atoms with E-state index in [-0.39, 0.29) is 0 Å². The quantitative estimate of drug-likeness (QED) is 0.382. The van der Waals surface area contributed by atoms with Gasteiger partial charge in [0.2, 0.25) is 11.7 Å². The molecule has 1 rings (SSSR count). The Morgan fingerprint density at radius 2 is 1.67 bits per heavy atom. The molecule has 1 unspecified atom stereocenters. The molecule has 0 aliphatic carbocycles. The molecule has 0 aromatic carbocycles. The van der Waals surface area contributed by atoms with E-state index in [2.05, 4.69) is 0 Å². The normalized spacial score (nSPS) is 17.2. The molecule has 1 aromatic rings. The van der Waals surface area contributed by atoms with Crippen LogP contribution in [-0.2, 0) is 17.2 Å². The number of hydrogen-bond donors (Lipinski definition) is 1. The molecule has 128 valence electrons. The zero-order chi connectivity index (χ0) is 17.2. The van der Waals surface area contributed by atoms with Crippen molar-refractivity contribution in [1.82, 2.24) is 4.57 Å². The van der Waals surface area contributed by atoms with Crippen LogP contribution in [0.2, 0.25) is 0 Å². The van der Waals surface area contributed by atoms with Crippen molar-refractivity contribution in [2.75, 3.05) is 0 Å². The molecule has 21 heavy (non-hydrogen) atoms.